The Morgan fingerprint density at radius 1 is 0.774 bits per heavy atom. The molecular formula is C23H41F4OSi3. The van der Waals surface area contributed by atoms with Crippen LogP contribution in [-0.4, -0.2) is 24.5 Å². The van der Waals surface area contributed by atoms with Crippen LogP contribution in [0.5, 0.6) is 5.75 Å². The zero-order valence-corrected chi connectivity index (χ0v) is 23.7. The Morgan fingerprint density at radius 2 is 1.26 bits per heavy atom. The van der Waals surface area contributed by atoms with Crippen LogP contribution in [0.2, 0.25) is 67.5 Å². The Morgan fingerprint density at radius 3 is 1.65 bits per heavy atom. The molecule has 0 heterocycles. The molecule has 0 spiro atoms. The second kappa shape index (κ2) is 11.5. The summed E-state index contributed by atoms with van der Waals surface area (Å²) in [6.07, 6.45) is 0.949. The van der Waals surface area contributed by atoms with Gasteiger partial charge < -0.3 is 4.43 Å². The first-order valence-corrected chi connectivity index (χ1v) is 20.6. The van der Waals surface area contributed by atoms with Crippen molar-refractivity contribution in [3.63, 3.8) is 0 Å². The highest BCUT2D eigenvalue weighted by Crippen LogP contribution is 2.40. The van der Waals surface area contributed by atoms with Crippen molar-refractivity contribution in [3.05, 3.63) is 29.3 Å². The van der Waals surface area contributed by atoms with E-state index in [9.17, 15) is 17.6 Å². The first-order valence-electron chi connectivity index (χ1n) is 11.7. The smallest absolute Gasteiger partial charge is 0.253 e. The highest BCUT2D eigenvalue weighted by atomic mass is 28.4. The van der Waals surface area contributed by atoms with Crippen LogP contribution in [0.25, 0.3) is 0 Å². The Labute approximate surface area is 190 Å². The van der Waals surface area contributed by atoms with Gasteiger partial charge >= 0.3 is 0 Å². The van der Waals surface area contributed by atoms with Gasteiger partial charge in [0.05, 0.1) is 14.1 Å². The minimum absolute atomic E-state index is 0.0684. The molecule has 0 N–H and O–H groups in total. The maximum absolute atomic E-state index is 14.5. The normalized spacial score (nSPS) is 14.7. The number of rotatable bonds is 13. The summed E-state index contributed by atoms with van der Waals surface area (Å²) < 4.78 is 62.8. The molecule has 31 heavy (non-hydrogen) atoms. The van der Waals surface area contributed by atoms with Gasteiger partial charge in [0, 0.05) is 8.07 Å². The molecule has 1 aromatic rings. The van der Waals surface area contributed by atoms with Crippen LogP contribution < -0.4 is 4.43 Å². The summed E-state index contributed by atoms with van der Waals surface area (Å²) in [6, 6.07) is 8.76. The van der Waals surface area contributed by atoms with Crippen LogP contribution in [0.3, 0.4) is 0 Å². The van der Waals surface area contributed by atoms with E-state index in [1.54, 1.807) is 0 Å². The Bertz CT molecular complexity index is 683. The molecule has 0 amide bonds. The van der Waals surface area contributed by atoms with E-state index in [1.165, 1.54) is 24.2 Å². The van der Waals surface area contributed by atoms with Crippen molar-refractivity contribution in [2.45, 2.75) is 109 Å². The van der Waals surface area contributed by atoms with Gasteiger partial charge in [-0.2, -0.15) is 8.78 Å². The second-order valence-electron chi connectivity index (χ2n) is 10.5. The van der Waals surface area contributed by atoms with E-state index in [1.807, 2.05) is 13.8 Å². The standard InChI is InChI=1S/C23H41F4OSi3/c1-9-30(10-2,11-3)13-12-14-31(18(4)5,16-15-29(6,7)8)28-23-21(26)19(24)17-20(25)22(23)27/h18H,9-16H2,1-8H3. The Hall–Kier alpha value is -0.609. The lowest BCUT2D eigenvalue weighted by Crippen LogP contribution is -2.47. The third-order valence-corrected chi connectivity index (χ3v) is 20.4. The fraction of sp³-hybridized carbons (Fsp3) is 0.739. The Kier molecular flexibility index (Phi) is 10.5. The van der Waals surface area contributed by atoms with Gasteiger partial charge in [-0.05, 0) is 17.6 Å². The lowest BCUT2D eigenvalue weighted by molar-refractivity contribution is 0.380. The zero-order chi connectivity index (χ0) is 24.0. The lowest BCUT2D eigenvalue weighted by Gasteiger charge is -2.38. The summed E-state index contributed by atoms with van der Waals surface area (Å²) in [5.74, 6) is -6.87. The highest BCUT2D eigenvalue weighted by Gasteiger charge is 2.43. The predicted octanol–water partition coefficient (Wildman–Crippen LogP) is 9.01. The summed E-state index contributed by atoms with van der Waals surface area (Å²) in [5.41, 5.74) is 0.0684. The van der Waals surface area contributed by atoms with E-state index < -0.39 is 53.5 Å². The van der Waals surface area contributed by atoms with Crippen molar-refractivity contribution in [2.24, 2.45) is 0 Å². The predicted molar refractivity (Wildman–Crippen MR) is 131 cm³/mol. The summed E-state index contributed by atoms with van der Waals surface area (Å²) in [5, 5.41) is 0. The molecule has 0 fully saturated rings. The third kappa shape index (κ3) is 7.45. The minimum Gasteiger partial charge on any atom is -0.539 e. The first-order chi connectivity index (χ1) is 14.3. The van der Waals surface area contributed by atoms with E-state index in [2.05, 4.69) is 40.4 Å². The van der Waals surface area contributed by atoms with Gasteiger partial charge in [0.15, 0.2) is 17.4 Å². The van der Waals surface area contributed by atoms with Crippen LogP contribution in [0, 0.1) is 29.3 Å². The van der Waals surface area contributed by atoms with Crippen LogP contribution in [0.4, 0.5) is 17.6 Å². The molecule has 179 valence electrons. The molecule has 1 rings (SSSR count). The molecule has 1 unspecified atom stereocenters. The van der Waals surface area contributed by atoms with Crippen molar-refractivity contribution in [1.82, 2.24) is 0 Å². The maximum atomic E-state index is 14.5. The van der Waals surface area contributed by atoms with Crippen molar-refractivity contribution in [3.8, 4) is 5.75 Å². The number of benzene rings is 1. The van der Waals surface area contributed by atoms with Crippen LogP contribution >= 0.6 is 0 Å². The van der Waals surface area contributed by atoms with Gasteiger partial charge in [-0.3, -0.25) is 0 Å². The zero-order valence-electron chi connectivity index (χ0n) is 20.7. The summed E-state index contributed by atoms with van der Waals surface area (Å²) in [6.45, 7) is 17.6. The molecule has 0 aliphatic carbocycles. The fourth-order valence-corrected chi connectivity index (χ4v) is 16.1. The number of hydrogen-bond acceptors (Lipinski definition) is 1. The van der Waals surface area contributed by atoms with E-state index >= 15 is 0 Å². The van der Waals surface area contributed by atoms with Crippen molar-refractivity contribution >= 4 is 24.5 Å². The summed E-state index contributed by atoms with van der Waals surface area (Å²) in [7, 11) is -5.54. The van der Waals surface area contributed by atoms with E-state index in [-0.39, 0.29) is 5.54 Å². The largest absolute Gasteiger partial charge is 0.539 e. The van der Waals surface area contributed by atoms with Gasteiger partial charge in [0.2, 0.25) is 11.6 Å². The third-order valence-electron chi connectivity index (χ3n) is 7.22. The maximum Gasteiger partial charge on any atom is 0.253 e. The van der Waals surface area contributed by atoms with Gasteiger partial charge in [-0.15, -0.1) is 0 Å². The molecular weight excluding hydrogens is 453 g/mol. The van der Waals surface area contributed by atoms with Crippen LogP contribution in [0.15, 0.2) is 0 Å². The molecule has 1 aromatic carbocycles. The SMILES string of the molecule is CC[Si](CC)(CC)CCC[Si](CC[Si](C)(C)C)(Oc1c(F)c(F)[c]c(F)c1F)C(C)C. The monoisotopic (exact) mass is 493 g/mol. The highest BCUT2D eigenvalue weighted by molar-refractivity contribution is 6.82. The van der Waals surface area contributed by atoms with E-state index in [4.69, 9.17) is 4.43 Å². The molecule has 0 saturated carbocycles. The Balaban J connectivity index is 3.33. The van der Waals surface area contributed by atoms with E-state index in [0.717, 1.165) is 30.6 Å². The molecule has 0 aliphatic heterocycles. The molecule has 0 bridgehead atoms. The molecule has 8 heteroatoms. The molecule has 0 aliphatic rings. The minimum atomic E-state index is -2.74. The van der Waals surface area contributed by atoms with Crippen molar-refractivity contribution in [2.75, 3.05) is 0 Å². The van der Waals surface area contributed by atoms with Gasteiger partial charge in [0.1, 0.15) is 0 Å². The van der Waals surface area contributed by atoms with Crippen LogP contribution in [0.1, 0.15) is 41.0 Å². The molecule has 0 saturated heterocycles. The summed E-state index contributed by atoms with van der Waals surface area (Å²) in [4.78, 5) is 0. The number of halogens is 4. The van der Waals surface area contributed by atoms with Crippen molar-refractivity contribution in [1.29, 1.82) is 0 Å². The molecule has 1 nitrogen and oxygen atoms in total. The van der Waals surface area contributed by atoms with Gasteiger partial charge in [0.25, 0.3) is 8.32 Å². The quantitative estimate of drug-likeness (QED) is 0.151. The van der Waals surface area contributed by atoms with Gasteiger partial charge in [-0.25, -0.2) is 8.78 Å². The average Bonchev–Trinajstić information content (AvgIpc) is 2.70. The second-order valence-corrected chi connectivity index (χ2v) is 26.2. The summed E-state index contributed by atoms with van der Waals surface area (Å²) >= 11 is 0. The van der Waals surface area contributed by atoms with Gasteiger partial charge in [-0.1, -0.05) is 90.9 Å². The first kappa shape index (κ1) is 28.4. The lowest BCUT2D eigenvalue weighted by atomic mass is 10.3. The number of hydrogen-bond donors (Lipinski definition) is 0. The average molecular weight is 494 g/mol. The van der Waals surface area contributed by atoms with E-state index in [0.29, 0.717) is 0 Å². The molecule has 1 atom stereocenters. The fourth-order valence-electron chi connectivity index (χ4n) is 4.35. The van der Waals surface area contributed by atoms with Crippen LogP contribution in [-0.2, 0) is 0 Å². The molecule has 1 radical (unpaired) electrons. The molecule has 0 aromatic heterocycles. The topological polar surface area (TPSA) is 9.23 Å². The van der Waals surface area contributed by atoms with Crippen molar-refractivity contribution < 1.29 is 22.0 Å².